The molecule has 0 bridgehead atoms. The molecule has 1 aromatic carbocycles. The molecule has 0 atom stereocenters. The first-order valence-electron chi connectivity index (χ1n) is 9.92. The summed E-state index contributed by atoms with van der Waals surface area (Å²) in [5, 5.41) is 8.07. The van der Waals surface area contributed by atoms with Crippen molar-refractivity contribution in [3.8, 4) is 11.3 Å². The molecule has 0 radical (unpaired) electrons. The Morgan fingerprint density at radius 3 is 2.23 bits per heavy atom. The average Bonchev–Trinajstić information content (AvgIpc) is 2.69. The fraction of sp³-hybridized carbons (Fsp3) is 0.545. The molecule has 0 amide bonds. The molecule has 0 spiro atoms. The predicted molar refractivity (Wildman–Crippen MR) is 101 cm³/mol. The average molecular weight is 358 g/mol. The molecule has 4 heteroatoms. The van der Waals surface area contributed by atoms with Gasteiger partial charge in [0.25, 0.3) is 0 Å². The normalized spacial score (nSPS) is 20.3. The van der Waals surface area contributed by atoms with E-state index in [9.17, 15) is 8.78 Å². The van der Waals surface area contributed by atoms with E-state index in [4.69, 9.17) is 0 Å². The van der Waals surface area contributed by atoms with Crippen LogP contribution >= 0.6 is 0 Å². The lowest BCUT2D eigenvalue weighted by molar-refractivity contribution is 0.258. The molecule has 0 N–H and O–H groups in total. The second kappa shape index (κ2) is 8.70. The van der Waals surface area contributed by atoms with E-state index in [-0.39, 0.29) is 5.56 Å². The SMILES string of the molecule is CCc1ccc(-c2ccc(CCC3CCC(CC)CC3)c(F)c2F)nn1. The van der Waals surface area contributed by atoms with Gasteiger partial charge in [0.2, 0.25) is 0 Å². The Morgan fingerprint density at radius 1 is 0.885 bits per heavy atom. The van der Waals surface area contributed by atoms with Crippen LogP contribution in [0.4, 0.5) is 8.78 Å². The number of hydrogen-bond acceptors (Lipinski definition) is 2. The molecule has 0 unspecified atom stereocenters. The maximum Gasteiger partial charge on any atom is 0.168 e. The lowest BCUT2D eigenvalue weighted by Gasteiger charge is -2.27. The Labute approximate surface area is 155 Å². The van der Waals surface area contributed by atoms with E-state index in [1.165, 1.54) is 32.1 Å². The standard InChI is InChI=1S/C22H28F2N2/c1-3-15-5-7-16(8-6-15)9-10-17-11-13-19(22(24)21(17)23)20-14-12-18(4-2)25-26-20/h11-16H,3-10H2,1-2H3. The molecule has 1 fully saturated rings. The van der Waals surface area contributed by atoms with Gasteiger partial charge in [0.15, 0.2) is 11.6 Å². The fourth-order valence-electron chi connectivity index (χ4n) is 3.96. The summed E-state index contributed by atoms with van der Waals surface area (Å²) in [5.41, 5.74) is 1.87. The van der Waals surface area contributed by atoms with Gasteiger partial charge >= 0.3 is 0 Å². The van der Waals surface area contributed by atoms with Crippen LogP contribution in [0.5, 0.6) is 0 Å². The van der Waals surface area contributed by atoms with Gasteiger partial charge in [-0.05, 0) is 54.9 Å². The molecule has 0 aliphatic heterocycles. The lowest BCUT2D eigenvalue weighted by atomic mass is 9.78. The zero-order valence-corrected chi connectivity index (χ0v) is 15.8. The number of nitrogens with zero attached hydrogens (tertiary/aromatic N) is 2. The Bertz CT molecular complexity index is 720. The van der Waals surface area contributed by atoms with Crippen molar-refractivity contribution in [3.05, 3.63) is 47.2 Å². The largest absolute Gasteiger partial charge is 0.203 e. The van der Waals surface area contributed by atoms with Crippen LogP contribution in [0.25, 0.3) is 11.3 Å². The highest BCUT2D eigenvalue weighted by Gasteiger charge is 2.21. The van der Waals surface area contributed by atoms with Crippen molar-refractivity contribution >= 4 is 0 Å². The van der Waals surface area contributed by atoms with Gasteiger partial charge in [-0.25, -0.2) is 8.78 Å². The minimum Gasteiger partial charge on any atom is -0.203 e. The Kier molecular flexibility index (Phi) is 6.33. The van der Waals surface area contributed by atoms with Crippen LogP contribution in [0.3, 0.4) is 0 Å². The van der Waals surface area contributed by atoms with Crippen molar-refractivity contribution in [3.63, 3.8) is 0 Å². The maximum absolute atomic E-state index is 14.6. The molecular formula is C22H28F2N2. The van der Waals surface area contributed by atoms with Crippen LogP contribution in [0.2, 0.25) is 0 Å². The zero-order valence-electron chi connectivity index (χ0n) is 15.8. The second-order valence-corrected chi connectivity index (χ2v) is 7.50. The molecule has 2 nitrogen and oxygen atoms in total. The topological polar surface area (TPSA) is 25.8 Å². The molecule has 1 saturated carbocycles. The van der Waals surface area contributed by atoms with E-state index in [0.29, 0.717) is 23.6 Å². The first-order chi connectivity index (χ1) is 12.6. The number of rotatable bonds is 6. The zero-order chi connectivity index (χ0) is 18.5. The summed E-state index contributed by atoms with van der Waals surface area (Å²) in [5.74, 6) is -0.0332. The molecule has 1 heterocycles. The minimum atomic E-state index is -0.810. The highest BCUT2D eigenvalue weighted by atomic mass is 19.2. The van der Waals surface area contributed by atoms with Gasteiger partial charge in [0.1, 0.15) is 0 Å². The second-order valence-electron chi connectivity index (χ2n) is 7.50. The van der Waals surface area contributed by atoms with Crippen molar-refractivity contribution in [2.75, 3.05) is 0 Å². The van der Waals surface area contributed by atoms with Crippen LogP contribution in [0, 0.1) is 23.5 Å². The van der Waals surface area contributed by atoms with Gasteiger partial charge < -0.3 is 0 Å². The highest BCUT2D eigenvalue weighted by Crippen LogP contribution is 2.34. The number of benzene rings is 1. The minimum absolute atomic E-state index is 0.185. The molecule has 3 rings (SSSR count). The third-order valence-electron chi connectivity index (χ3n) is 5.89. The third-order valence-corrected chi connectivity index (χ3v) is 5.89. The molecule has 0 saturated heterocycles. The van der Waals surface area contributed by atoms with Crippen molar-refractivity contribution in [2.45, 2.75) is 65.2 Å². The van der Waals surface area contributed by atoms with Gasteiger partial charge in [-0.1, -0.05) is 52.0 Å². The molecular weight excluding hydrogens is 330 g/mol. The summed E-state index contributed by atoms with van der Waals surface area (Å²) in [6.45, 7) is 4.23. The lowest BCUT2D eigenvalue weighted by Crippen LogP contribution is -2.14. The van der Waals surface area contributed by atoms with Gasteiger partial charge in [0.05, 0.1) is 11.4 Å². The third kappa shape index (κ3) is 4.28. The summed E-state index contributed by atoms with van der Waals surface area (Å²) in [6.07, 6.45) is 8.58. The fourth-order valence-corrected chi connectivity index (χ4v) is 3.96. The Balaban J connectivity index is 1.67. The van der Waals surface area contributed by atoms with Gasteiger partial charge in [-0.3, -0.25) is 0 Å². The van der Waals surface area contributed by atoms with Crippen molar-refractivity contribution < 1.29 is 8.78 Å². The monoisotopic (exact) mass is 358 g/mol. The highest BCUT2D eigenvalue weighted by molar-refractivity contribution is 5.60. The van der Waals surface area contributed by atoms with E-state index in [0.717, 1.165) is 24.5 Å². The van der Waals surface area contributed by atoms with E-state index in [1.54, 1.807) is 24.3 Å². The number of hydrogen-bond donors (Lipinski definition) is 0. The van der Waals surface area contributed by atoms with Crippen LogP contribution in [-0.4, -0.2) is 10.2 Å². The summed E-state index contributed by atoms with van der Waals surface area (Å²) in [7, 11) is 0. The molecule has 1 aliphatic rings. The van der Waals surface area contributed by atoms with Crippen molar-refractivity contribution in [2.24, 2.45) is 11.8 Å². The van der Waals surface area contributed by atoms with Gasteiger partial charge in [-0.15, -0.1) is 0 Å². The van der Waals surface area contributed by atoms with Gasteiger partial charge in [0, 0.05) is 5.56 Å². The summed E-state index contributed by atoms with van der Waals surface area (Å²) >= 11 is 0. The number of aromatic nitrogens is 2. The smallest absolute Gasteiger partial charge is 0.168 e. The first kappa shape index (κ1) is 18.9. The molecule has 140 valence electrons. The Morgan fingerprint density at radius 2 is 1.62 bits per heavy atom. The Hall–Kier alpha value is -1.84. The number of halogens is 2. The van der Waals surface area contributed by atoms with Crippen LogP contribution in [0.15, 0.2) is 24.3 Å². The van der Waals surface area contributed by atoms with E-state index < -0.39 is 11.6 Å². The van der Waals surface area contributed by atoms with E-state index in [1.807, 2.05) is 6.92 Å². The molecule has 26 heavy (non-hydrogen) atoms. The maximum atomic E-state index is 14.6. The molecule has 1 aliphatic carbocycles. The van der Waals surface area contributed by atoms with Crippen molar-refractivity contribution in [1.82, 2.24) is 10.2 Å². The molecule has 1 aromatic heterocycles. The van der Waals surface area contributed by atoms with E-state index in [2.05, 4.69) is 17.1 Å². The summed E-state index contributed by atoms with van der Waals surface area (Å²) < 4.78 is 29.1. The quantitative estimate of drug-likeness (QED) is 0.620. The van der Waals surface area contributed by atoms with E-state index >= 15 is 0 Å². The predicted octanol–water partition coefficient (Wildman–Crippen LogP) is 6.13. The van der Waals surface area contributed by atoms with Crippen LogP contribution < -0.4 is 0 Å². The van der Waals surface area contributed by atoms with Crippen LogP contribution in [-0.2, 0) is 12.8 Å². The summed E-state index contributed by atoms with van der Waals surface area (Å²) in [4.78, 5) is 0. The number of aryl methyl sites for hydroxylation is 2. The van der Waals surface area contributed by atoms with Crippen LogP contribution in [0.1, 0.15) is 63.6 Å². The first-order valence-corrected chi connectivity index (χ1v) is 9.92. The van der Waals surface area contributed by atoms with Crippen molar-refractivity contribution in [1.29, 1.82) is 0 Å². The molecule has 2 aromatic rings. The van der Waals surface area contributed by atoms with Gasteiger partial charge in [-0.2, -0.15) is 10.2 Å². The summed E-state index contributed by atoms with van der Waals surface area (Å²) in [6, 6.07) is 6.86.